The highest BCUT2D eigenvalue weighted by atomic mass is 32.1. The molecule has 0 radical (unpaired) electrons. The van der Waals surface area contributed by atoms with Crippen molar-refractivity contribution in [2.24, 2.45) is 5.10 Å². The molecule has 0 N–H and O–H groups in total. The average molecular weight is 493 g/mol. The number of hydrazone groups is 1. The molecule has 3 heterocycles. The molecule has 1 unspecified atom stereocenters. The molecule has 0 fully saturated rings. The van der Waals surface area contributed by atoms with Crippen molar-refractivity contribution in [1.29, 1.82) is 0 Å². The van der Waals surface area contributed by atoms with E-state index in [0.717, 1.165) is 16.2 Å². The van der Waals surface area contributed by atoms with E-state index in [1.54, 1.807) is 31.6 Å². The summed E-state index contributed by atoms with van der Waals surface area (Å²) < 4.78 is 25.5. The van der Waals surface area contributed by atoms with Gasteiger partial charge in [0.2, 0.25) is 0 Å². The number of carbonyl (C=O) groups is 1. The number of hydrogen-bond donors (Lipinski definition) is 0. The van der Waals surface area contributed by atoms with Gasteiger partial charge in [0.25, 0.3) is 11.5 Å². The van der Waals surface area contributed by atoms with Crippen molar-refractivity contribution >= 4 is 33.9 Å². The fourth-order valence-electron chi connectivity index (χ4n) is 4.11. The predicted molar refractivity (Wildman–Crippen MR) is 131 cm³/mol. The Kier molecular flexibility index (Phi) is 6.04. The molecule has 8 nitrogen and oxygen atoms in total. The van der Waals surface area contributed by atoms with Gasteiger partial charge >= 0.3 is 0 Å². The molecular formula is C25H21FN4O4S. The quantitative estimate of drug-likeness (QED) is 0.406. The van der Waals surface area contributed by atoms with Gasteiger partial charge in [-0.25, -0.2) is 14.4 Å². The number of aromatic nitrogens is 2. The Balaban J connectivity index is 1.50. The molecule has 1 aliphatic rings. The van der Waals surface area contributed by atoms with Crippen LogP contribution in [-0.2, 0) is 11.3 Å². The zero-order valence-corrected chi connectivity index (χ0v) is 19.8. The van der Waals surface area contributed by atoms with E-state index in [1.807, 2.05) is 29.6 Å². The van der Waals surface area contributed by atoms with E-state index in [9.17, 15) is 14.0 Å². The molecule has 0 spiro atoms. The summed E-state index contributed by atoms with van der Waals surface area (Å²) in [5.41, 5.74) is 1.42. The molecule has 10 heteroatoms. The summed E-state index contributed by atoms with van der Waals surface area (Å²) >= 11 is 1.54. The highest BCUT2D eigenvalue weighted by molar-refractivity contribution is 7.12. The number of methoxy groups -OCH3 is 2. The largest absolute Gasteiger partial charge is 0.493 e. The molecule has 0 saturated heterocycles. The Morgan fingerprint density at radius 1 is 1.14 bits per heavy atom. The van der Waals surface area contributed by atoms with Crippen molar-refractivity contribution in [2.45, 2.75) is 19.0 Å². The first kappa shape index (κ1) is 22.7. The zero-order chi connectivity index (χ0) is 24.5. The first-order valence-electron chi connectivity index (χ1n) is 10.8. The molecule has 1 amide bonds. The van der Waals surface area contributed by atoms with Crippen LogP contribution in [0.1, 0.15) is 22.9 Å². The molecule has 4 aromatic rings. The number of hydrogen-bond acceptors (Lipinski definition) is 7. The third kappa shape index (κ3) is 4.28. The van der Waals surface area contributed by atoms with E-state index in [-0.39, 0.29) is 23.4 Å². The van der Waals surface area contributed by atoms with Gasteiger partial charge < -0.3 is 9.47 Å². The number of halogens is 1. The number of amides is 1. The molecule has 0 saturated carbocycles. The number of thiophene rings is 1. The lowest BCUT2D eigenvalue weighted by molar-refractivity contribution is -0.133. The maximum absolute atomic E-state index is 13.5. The molecule has 0 aliphatic carbocycles. The summed E-state index contributed by atoms with van der Waals surface area (Å²) in [5, 5.41) is 8.25. The van der Waals surface area contributed by atoms with Gasteiger partial charge in [-0.2, -0.15) is 5.10 Å². The summed E-state index contributed by atoms with van der Waals surface area (Å²) in [5.74, 6) is 0.270. The molecule has 1 atom stereocenters. The zero-order valence-electron chi connectivity index (χ0n) is 19.0. The summed E-state index contributed by atoms with van der Waals surface area (Å²) in [6.45, 7) is -0.260. The lowest BCUT2D eigenvalue weighted by Gasteiger charge is -2.23. The van der Waals surface area contributed by atoms with Crippen LogP contribution in [0.2, 0.25) is 0 Å². The second-order valence-electron chi connectivity index (χ2n) is 7.94. The first-order chi connectivity index (χ1) is 17.0. The van der Waals surface area contributed by atoms with E-state index < -0.39 is 17.4 Å². The van der Waals surface area contributed by atoms with Gasteiger partial charge in [0.15, 0.2) is 11.5 Å². The number of rotatable bonds is 6. The Bertz CT molecular complexity index is 1500. The highest BCUT2D eigenvalue weighted by Gasteiger charge is 2.34. The van der Waals surface area contributed by atoms with Gasteiger partial charge in [0.1, 0.15) is 12.4 Å². The normalized spacial score (nSPS) is 15.3. The first-order valence-corrected chi connectivity index (χ1v) is 11.7. The van der Waals surface area contributed by atoms with Gasteiger partial charge in [-0.15, -0.1) is 11.3 Å². The summed E-state index contributed by atoms with van der Waals surface area (Å²) in [7, 11) is 3.11. The molecule has 1 aliphatic heterocycles. The molecule has 178 valence electrons. The van der Waals surface area contributed by atoms with Crippen molar-refractivity contribution in [3.8, 4) is 11.5 Å². The topological polar surface area (TPSA) is 86.0 Å². The van der Waals surface area contributed by atoms with Crippen LogP contribution >= 0.6 is 11.3 Å². The number of ether oxygens (including phenoxy) is 2. The van der Waals surface area contributed by atoms with E-state index in [0.29, 0.717) is 17.9 Å². The smallest absolute Gasteiger partial charge is 0.263 e. The minimum absolute atomic E-state index is 0.237. The van der Waals surface area contributed by atoms with Gasteiger partial charge in [-0.05, 0) is 41.3 Å². The Hall–Kier alpha value is -4.05. The maximum atomic E-state index is 13.5. The third-order valence-electron chi connectivity index (χ3n) is 5.86. The number of nitrogens with zero attached hydrogens (tertiary/aromatic N) is 4. The Morgan fingerprint density at radius 3 is 2.71 bits per heavy atom. The van der Waals surface area contributed by atoms with Crippen molar-refractivity contribution in [1.82, 2.24) is 14.6 Å². The summed E-state index contributed by atoms with van der Waals surface area (Å²) in [6, 6.07) is 12.7. The van der Waals surface area contributed by atoms with Crippen LogP contribution in [0.5, 0.6) is 11.5 Å². The minimum atomic E-state index is -0.483. The number of fused-ring (bicyclic) bond motifs is 1. The Morgan fingerprint density at radius 2 is 1.97 bits per heavy atom. The predicted octanol–water partition coefficient (Wildman–Crippen LogP) is 3.99. The second-order valence-corrected chi connectivity index (χ2v) is 8.88. The molecule has 2 aromatic carbocycles. The van der Waals surface area contributed by atoms with Crippen molar-refractivity contribution in [3.05, 3.63) is 86.8 Å². The van der Waals surface area contributed by atoms with Crippen LogP contribution in [0.25, 0.3) is 10.9 Å². The lowest BCUT2D eigenvalue weighted by Crippen LogP contribution is -2.34. The van der Waals surface area contributed by atoms with E-state index >= 15 is 0 Å². The van der Waals surface area contributed by atoms with E-state index in [2.05, 4.69) is 10.1 Å². The van der Waals surface area contributed by atoms with Crippen molar-refractivity contribution in [3.63, 3.8) is 0 Å². The van der Waals surface area contributed by atoms with E-state index in [1.165, 1.54) is 34.1 Å². The van der Waals surface area contributed by atoms with Gasteiger partial charge in [-0.1, -0.05) is 12.1 Å². The molecule has 2 aromatic heterocycles. The maximum Gasteiger partial charge on any atom is 0.263 e. The van der Waals surface area contributed by atoms with Crippen molar-refractivity contribution < 1.29 is 18.7 Å². The fraction of sp³-hybridized carbons (Fsp3) is 0.200. The Labute approximate surface area is 203 Å². The second kappa shape index (κ2) is 9.30. The lowest BCUT2D eigenvalue weighted by atomic mass is 10.0. The van der Waals surface area contributed by atoms with Crippen LogP contribution < -0.4 is 15.0 Å². The molecule has 35 heavy (non-hydrogen) atoms. The van der Waals surface area contributed by atoms with Crippen LogP contribution in [-0.4, -0.2) is 40.4 Å². The summed E-state index contributed by atoms with van der Waals surface area (Å²) in [6.07, 6.45) is 1.76. The number of benzene rings is 2. The minimum Gasteiger partial charge on any atom is -0.493 e. The summed E-state index contributed by atoms with van der Waals surface area (Å²) in [4.78, 5) is 31.5. The van der Waals surface area contributed by atoms with E-state index in [4.69, 9.17) is 9.47 Å². The van der Waals surface area contributed by atoms with Crippen molar-refractivity contribution in [2.75, 3.05) is 14.2 Å². The molecule has 0 bridgehead atoms. The van der Waals surface area contributed by atoms with Gasteiger partial charge in [0, 0.05) is 12.5 Å². The standard InChI is InChI=1S/C25H21FN4O4S/c1-33-21-8-5-15(10-22(21)34-2)20-12-19(23-4-3-9-35-23)28-30(20)24(31)13-29-14-27-18-11-16(26)6-7-17(18)25(29)32/h3-11,14,20H,12-13H2,1-2H3. The fourth-order valence-corrected chi connectivity index (χ4v) is 4.83. The van der Waals surface area contributed by atoms with Gasteiger partial charge in [0.05, 0.1) is 48.1 Å². The average Bonchev–Trinajstić information content (AvgIpc) is 3.55. The SMILES string of the molecule is COc1ccc(C2CC(c3cccs3)=NN2C(=O)Cn2cnc3cc(F)ccc3c2=O)cc1OC. The molecular weight excluding hydrogens is 471 g/mol. The van der Waals surface area contributed by atoms with Crippen LogP contribution in [0.4, 0.5) is 4.39 Å². The third-order valence-corrected chi connectivity index (χ3v) is 6.78. The van der Waals surface area contributed by atoms with Crippen LogP contribution in [0.3, 0.4) is 0 Å². The monoisotopic (exact) mass is 492 g/mol. The molecule has 5 rings (SSSR count). The highest BCUT2D eigenvalue weighted by Crippen LogP contribution is 2.38. The van der Waals surface area contributed by atoms with Crippen LogP contribution in [0.15, 0.2) is 70.1 Å². The van der Waals surface area contributed by atoms with Crippen LogP contribution in [0, 0.1) is 5.82 Å². The number of carbonyl (C=O) groups excluding carboxylic acids is 1. The van der Waals surface area contributed by atoms with Gasteiger partial charge in [-0.3, -0.25) is 14.2 Å².